The molecule has 36 heavy (non-hydrogen) atoms. The van der Waals surface area contributed by atoms with Crippen molar-refractivity contribution in [2.24, 2.45) is 0 Å². The molecule has 0 unspecified atom stereocenters. The number of halogens is 1. The minimum atomic E-state index is -0.749. The van der Waals surface area contributed by atoms with Crippen molar-refractivity contribution in [2.75, 3.05) is 19.5 Å². The molecule has 3 aromatic rings. The Kier molecular flexibility index (Phi) is 8.07. The number of hydrogen-bond donors (Lipinski definition) is 1. The van der Waals surface area contributed by atoms with E-state index in [1.807, 2.05) is 42.5 Å². The Hall–Kier alpha value is -3.62. The number of thiocarbonyl (C=S) groups is 1. The van der Waals surface area contributed by atoms with Gasteiger partial charge in [-0.3, -0.25) is 14.5 Å². The highest BCUT2D eigenvalue weighted by atomic mass is 35.5. The van der Waals surface area contributed by atoms with E-state index < -0.39 is 6.04 Å². The monoisotopic (exact) mass is 523 g/mol. The zero-order valence-electron chi connectivity index (χ0n) is 19.9. The second-order valence-corrected chi connectivity index (χ2v) is 9.09. The lowest BCUT2D eigenvalue weighted by atomic mass is 10.1. The molecule has 1 atom stereocenters. The summed E-state index contributed by atoms with van der Waals surface area (Å²) in [5.41, 5.74) is 2.42. The van der Waals surface area contributed by atoms with Crippen molar-refractivity contribution in [1.29, 1.82) is 0 Å². The molecule has 1 saturated heterocycles. The van der Waals surface area contributed by atoms with Gasteiger partial charge in [-0.05, 0) is 59.7 Å². The van der Waals surface area contributed by atoms with Gasteiger partial charge in [0.05, 0.1) is 27.2 Å². The van der Waals surface area contributed by atoms with E-state index in [1.54, 1.807) is 54.4 Å². The molecule has 0 aliphatic carbocycles. The molecular formula is C27H26ClN3O4S. The molecule has 0 bridgehead atoms. The van der Waals surface area contributed by atoms with Crippen LogP contribution in [0.4, 0.5) is 5.69 Å². The van der Waals surface area contributed by atoms with E-state index in [4.69, 9.17) is 33.3 Å². The highest BCUT2D eigenvalue weighted by Gasteiger charge is 2.43. The van der Waals surface area contributed by atoms with Crippen LogP contribution in [0.1, 0.15) is 17.5 Å². The number of anilines is 1. The summed E-state index contributed by atoms with van der Waals surface area (Å²) in [5.74, 6) is 0.670. The molecule has 1 heterocycles. The van der Waals surface area contributed by atoms with Crippen molar-refractivity contribution in [3.05, 3.63) is 88.9 Å². The van der Waals surface area contributed by atoms with E-state index in [-0.39, 0.29) is 18.2 Å². The molecule has 186 valence electrons. The fraction of sp³-hybridized carbons (Fsp3) is 0.222. The number of carbonyl (C=O) groups is 2. The number of benzene rings is 3. The zero-order valence-corrected chi connectivity index (χ0v) is 21.5. The van der Waals surface area contributed by atoms with Gasteiger partial charge in [-0.1, -0.05) is 48.0 Å². The molecule has 9 heteroatoms. The van der Waals surface area contributed by atoms with Crippen LogP contribution in [-0.2, 0) is 22.7 Å². The molecular weight excluding hydrogens is 498 g/mol. The Labute approximate surface area is 220 Å². The van der Waals surface area contributed by atoms with Crippen molar-refractivity contribution >= 4 is 46.4 Å². The van der Waals surface area contributed by atoms with Crippen molar-refractivity contribution in [3.63, 3.8) is 0 Å². The summed E-state index contributed by atoms with van der Waals surface area (Å²) in [5, 5.41) is 3.79. The lowest BCUT2D eigenvalue weighted by molar-refractivity contribution is -0.131. The molecule has 0 aromatic heterocycles. The van der Waals surface area contributed by atoms with E-state index in [0.717, 1.165) is 11.1 Å². The molecule has 7 nitrogen and oxygen atoms in total. The topological polar surface area (TPSA) is 71.1 Å². The Morgan fingerprint density at radius 3 is 2.31 bits per heavy atom. The number of methoxy groups -OCH3 is 2. The number of carbonyl (C=O) groups excluding carboxylic acids is 2. The lowest BCUT2D eigenvalue weighted by Gasteiger charge is -2.24. The minimum Gasteiger partial charge on any atom is -0.493 e. The Morgan fingerprint density at radius 1 is 0.944 bits per heavy atom. The standard InChI is InChI=1S/C27H26ClN3O4S/c1-34-23-13-8-19(14-24(23)35-2)17-30-22(15-25(32)29-21-11-9-20(28)10-12-21)26(33)31(27(30)36)16-18-6-4-3-5-7-18/h3-14,22H,15-17H2,1-2H3,(H,29,32)/t22-/m1/s1. The van der Waals surface area contributed by atoms with Crippen LogP contribution >= 0.6 is 23.8 Å². The van der Waals surface area contributed by atoms with Gasteiger partial charge in [-0.2, -0.15) is 0 Å². The van der Waals surface area contributed by atoms with Crippen LogP contribution in [0.2, 0.25) is 5.02 Å². The summed E-state index contributed by atoms with van der Waals surface area (Å²) in [6.07, 6.45) is -0.0554. The number of amides is 2. The minimum absolute atomic E-state index is 0.0554. The van der Waals surface area contributed by atoms with E-state index in [2.05, 4.69) is 5.32 Å². The second-order valence-electron chi connectivity index (χ2n) is 8.28. The van der Waals surface area contributed by atoms with Gasteiger partial charge in [0.1, 0.15) is 6.04 Å². The SMILES string of the molecule is COc1ccc(CN2C(=S)N(Cc3ccccc3)C(=O)[C@H]2CC(=O)Nc2ccc(Cl)cc2)cc1OC. The van der Waals surface area contributed by atoms with Gasteiger partial charge in [0.25, 0.3) is 5.91 Å². The summed E-state index contributed by atoms with van der Waals surface area (Å²) in [4.78, 5) is 29.8. The maximum absolute atomic E-state index is 13.5. The van der Waals surface area contributed by atoms with Gasteiger partial charge in [0.2, 0.25) is 5.91 Å². The quantitative estimate of drug-likeness (QED) is 0.403. The highest BCUT2D eigenvalue weighted by molar-refractivity contribution is 7.80. The van der Waals surface area contributed by atoms with Crippen LogP contribution < -0.4 is 14.8 Å². The number of ether oxygens (including phenoxy) is 2. The lowest BCUT2D eigenvalue weighted by Crippen LogP contribution is -2.37. The fourth-order valence-electron chi connectivity index (χ4n) is 4.08. The van der Waals surface area contributed by atoms with Crippen LogP contribution in [0.5, 0.6) is 11.5 Å². The van der Waals surface area contributed by atoms with Crippen LogP contribution in [0, 0.1) is 0 Å². The first-order valence-corrected chi connectivity index (χ1v) is 12.1. The van der Waals surface area contributed by atoms with Crippen molar-refractivity contribution in [1.82, 2.24) is 9.80 Å². The van der Waals surface area contributed by atoms with E-state index in [0.29, 0.717) is 40.4 Å². The summed E-state index contributed by atoms with van der Waals surface area (Å²) in [7, 11) is 3.14. The number of nitrogens with one attached hydrogen (secondary N) is 1. The van der Waals surface area contributed by atoms with Crippen LogP contribution in [0.3, 0.4) is 0 Å². The van der Waals surface area contributed by atoms with Gasteiger partial charge < -0.3 is 19.7 Å². The molecule has 2 amide bonds. The number of nitrogens with zero attached hydrogens (tertiary/aromatic N) is 2. The maximum atomic E-state index is 13.5. The third-order valence-corrected chi connectivity index (χ3v) is 6.60. The first-order valence-electron chi connectivity index (χ1n) is 11.3. The Morgan fingerprint density at radius 2 is 1.64 bits per heavy atom. The third-order valence-electron chi connectivity index (χ3n) is 5.90. The van der Waals surface area contributed by atoms with Gasteiger partial charge in [-0.25, -0.2) is 0 Å². The summed E-state index contributed by atoms with van der Waals surface area (Å²) >= 11 is 11.7. The van der Waals surface area contributed by atoms with Gasteiger partial charge >= 0.3 is 0 Å². The van der Waals surface area contributed by atoms with Crippen LogP contribution in [-0.4, -0.2) is 47.0 Å². The second kappa shape index (κ2) is 11.4. The first-order chi connectivity index (χ1) is 17.4. The maximum Gasteiger partial charge on any atom is 0.252 e. The molecule has 3 aromatic carbocycles. The van der Waals surface area contributed by atoms with Crippen molar-refractivity contribution in [3.8, 4) is 11.5 Å². The van der Waals surface area contributed by atoms with Crippen molar-refractivity contribution in [2.45, 2.75) is 25.6 Å². The Balaban J connectivity index is 1.58. The van der Waals surface area contributed by atoms with Crippen molar-refractivity contribution < 1.29 is 19.1 Å². The number of rotatable bonds is 9. The van der Waals surface area contributed by atoms with E-state index in [9.17, 15) is 9.59 Å². The largest absolute Gasteiger partial charge is 0.493 e. The zero-order chi connectivity index (χ0) is 25.7. The first kappa shape index (κ1) is 25.5. The average Bonchev–Trinajstić information content (AvgIpc) is 3.09. The fourth-order valence-corrected chi connectivity index (χ4v) is 4.55. The molecule has 0 spiro atoms. The molecule has 4 rings (SSSR count). The molecule has 1 aliphatic rings. The smallest absolute Gasteiger partial charge is 0.252 e. The van der Waals surface area contributed by atoms with Crippen LogP contribution in [0.15, 0.2) is 72.8 Å². The van der Waals surface area contributed by atoms with E-state index in [1.165, 1.54) is 0 Å². The number of hydrogen-bond acceptors (Lipinski definition) is 5. The average molecular weight is 524 g/mol. The predicted molar refractivity (Wildman–Crippen MR) is 143 cm³/mol. The molecule has 1 N–H and O–H groups in total. The highest BCUT2D eigenvalue weighted by Crippen LogP contribution is 2.31. The van der Waals surface area contributed by atoms with Gasteiger partial charge in [-0.15, -0.1) is 0 Å². The summed E-state index contributed by atoms with van der Waals surface area (Å²) in [6.45, 7) is 0.658. The molecule has 0 radical (unpaired) electrons. The van der Waals surface area contributed by atoms with Gasteiger partial charge in [0.15, 0.2) is 16.6 Å². The van der Waals surface area contributed by atoms with Crippen LogP contribution in [0.25, 0.3) is 0 Å². The molecule has 1 fully saturated rings. The predicted octanol–water partition coefficient (Wildman–Crippen LogP) is 4.88. The summed E-state index contributed by atoms with van der Waals surface area (Å²) in [6, 6.07) is 21.2. The third kappa shape index (κ3) is 5.78. The normalized spacial score (nSPS) is 15.2. The van der Waals surface area contributed by atoms with E-state index >= 15 is 0 Å². The van der Waals surface area contributed by atoms with Gasteiger partial charge in [0, 0.05) is 17.3 Å². The Bertz CT molecular complexity index is 1250. The molecule has 0 saturated carbocycles. The molecule has 1 aliphatic heterocycles. The summed E-state index contributed by atoms with van der Waals surface area (Å²) < 4.78 is 10.8.